The van der Waals surface area contributed by atoms with Crippen LogP contribution in [0.4, 0.5) is 0 Å². The average molecular weight is 408 g/mol. The summed E-state index contributed by atoms with van der Waals surface area (Å²) in [5.74, 6) is 0. The Morgan fingerprint density at radius 3 is 2.07 bits per heavy atom. The van der Waals surface area contributed by atoms with E-state index in [-0.39, 0.29) is 19.8 Å². The Labute approximate surface area is 173 Å². The van der Waals surface area contributed by atoms with Crippen LogP contribution in [0.15, 0.2) is 82.4 Å². The number of allylic oxidation sites excluding steroid dienone is 2. The van der Waals surface area contributed by atoms with Gasteiger partial charge >= 0.3 is 17.1 Å². The normalized spacial score (nSPS) is 11.0. The number of hydrogen-bond acceptors (Lipinski definition) is 5. The minimum atomic E-state index is -0.673. The van der Waals surface area contributed by atoms with E-state index >= 15 is 0 Å². The average Bonchev–Trinajstić information content (AvgIpc) is 3.21. The molecule has 0 saturated carbocycles. The van der Waals surface area contributed by atoms with E-state index in [1.54, 1.807) is 22.8 Å². The van der Waals surface area contributed by atoms with Gasteiger partial charge in [-0.25, -0.2) is 32.8 Å². The molecule has 3 rings (SSSR count). The second kappa shape index (κ2) is 9.19. The molecule has 0 N–H and O–H groups in total. The van der Waals surface area contributed by atoms with E-state index in [0.717, 1.165) is 25.0 Å². The minimum Gasteiger partial charge on any atom is -0.284 e. The van der Waals surface area contributed by atoms with Crippen molar-refractivity contribution in [1.29, 1.82) is 0 Å². The summed E-state index contributed by atoms with van der Waals surface area (Å²) in [5, 5.41) is 4.36. The summed E-state index contributed by atoms with van der Waals surface area (Å²) < 4.78 is 4.77. The lowest BCUT2D eigenvalue weighted by atomic mass is 10.3. The fraction of sp³-hybridized carbons (Fsp3) is 0.238. The van der Waals surface area contributed by atoms with Crippen LogP contribution >= 0.6 is 0 Å². The third-order valence-electron chi connectivity index (χ3n) is 4.50. The van der Waals surface area contributed by atoms with Crippen molar-refractivity contribution in [2.24, 2.45) is 0 Å². The van der Waals surface area contributed by atoms with Crippen molar-refractivity contribution in [3.63, 3.8) is 0 Å². The van der Waals surface area contributed by atoms with Crippen LogP contribution in [0, 0.1) is 0 Å². The lowest BCUT2D eigenvalue weighted by Crippen LogP contribution is -2.55. The van der Waals surface area contributed by atoms with Gasteiger partial charge in [0.05, 0.1) is 31.6 Å². The molecule has 0 fully saturated rings. The smallest absolute Gasteiger partial charge is 0.284 e. The monoisotopic (exact) mass is 408 g/mol. The summed E-state index contributed by atoms with van der Waals surface area (Å²) in [6.07, 6.45) is 6.51. The maximum absolute atomic E-state index is 12.7. The topological polar surface area (TPSA) is 87.1 Å². The van der Waals surface area contributed by atoms with Crippen molar-refractivity contribution >= 4 is 0 Å². The van der Waals surface area contributed by atoms with E-state index in [4.69, 9.17) is 0 Å². The van der Waals surface area contributed by atoms with Gasteiger partial charge in [-0.3, -0.25) is 4.90 Å². The number of benzene rings is 1. The number of nitrogens with zero attached hydrogens (tertiary/aromatic N) is 6. The zero-order valence-electron chi connectivity index (χ0n) is 16.8. The summed E-state index contributed by atoms with van der Waals surface area (Å²) in [6.45, 7) is 7.66. The van der Waals surface area contributed by atoms with Crippen molar-refractivity contribution < 1.29 is 0 Å². The Bertz CT molecular complexity index is 1170. The summed E-state index contributed by atoms with van der Waals surface area (Å²) in [7, 11) is 1.78. The van der Waals surface area contributed by atoms with E-state index in [2.05, 4.69) is 18.3 Å². The van der Waals surface area contributed by atoms with Crippen molar-refractivity contribution in [2.75, 3.05) is 7.05 Å². The van der Waals surface area contributed by atoms with Gasteiger partial charge in [0.25, 0.3) is 0 Å². The molecule has 2 heterocycles. The predicted molar refractivity (Wildman–Crippen MR) is 115 cm³/mol. The number of hydrogen-bond donors (Lipinski definition) is 0. The molecule has 0 amide bonds. The Hall–Kier alpha value is -3.72. The molecule has 156 valence electrons. The van der Waals surface area contributed by atoms with Crippen LogP contribution in [0.2, 0.25) is 0 Å². The van der Waals surface area contributed by atoms with E-state index in [1.165, 1.54) is 12.2 Å². The molecule has 0 saturated heterocycles. The highest BCUT2D eigenvalue weighted by atomic mass is 16.2. The van der Waals surface area contributed by atoms with Crippen LogP contribution in [-0.4, -0.2) is 35.4 Å². The van der Waals surface area contributed by atoms with Crippen LogP contribution in [0.25, 0.3) is 5.69 Å². The van der Waals surface area contributed by atoms with Gasteiger partial charge in [-0.05, 0) is 19.2 Å². The largest absolute Gasteiger partial charge is 0.337 e. The maximum Gasteiger partial charge on any atom is 0.337 e. The van der Waals surface area contributed by atoms with Crippen LogP contribution in [-0.2, 0) is 26.3 Å². The molecule has 0 radical (unpaired) electrons. The summed E-state index contributed by atoms with van der Waals surface area (Å²) in [5.41, 5.74) is -0.159. The third-order valence-corrected chi connectivity index (χ3v) is 4.50. The molecule has 0 bridgehead atoms. The van der Waals surface area contributed by atoms with Crippen LogP contribution in [0.1, 0.15) is 5.56 Å². The number of para-hydroxylation sites is 1. The molecule has 0 spiro atoms. The van der Waals surface area contributed by atoms with Gasteiger partial charge in [-0.2, -0.15) is 5.10 Å². The van der Waals surface area contributed by atoms with Crippen molar-refractivity contribution in [1.82, 2.24) is 28.4 Å². The van der Waals surface area contributed by atoms with Crippen molar-refractivity contribution in [3.05, 3.63) is 105 Å². The Morgan fingerprint density at radius 1 is 0.933 bits per heavy atom. The molecule has 0 unspecified atom stereocenters. The van der Waals surface area contributed by atoms with Gasteiger partial charge in [0.2, 0.25) is 0 Å². The number of aromatic nitrogens is 5. The highest BCUT2D eigenvalue weighted by Crippen LogP contribution is 2.09. The SMILES string of the molecule is C=CCn1c(=O)n(CC=C)c(=O)n(CN(C)Cc2cnn(-c3ccccc3)c2)c1=O. The van der Waals surface area contributed by atoms with Crippen LogP contribution < -0.4 is 17.1 Å². The Balaban J connectivity index is 1.87. The summed E-state index contributed by atoms with van der Waals surface area (Å²) >= 11 is 0. The first-order chi connectivity index (χ1) is 14.5. The molecule has 9 nitrogen and oxygen atoms in total. The van der Waals surface area contributed by atoms with Gasteiger partial charge in [0.1, 0.15) is 0 Å². The molecule has 2 aromatic heterocycles. The molecule has 0 aliphatic rings. The minimum absolute atomic E-state index is 0.0165. The van der Waals surface area contributed by atoms with Crippen LogP contribution in [0.3, 0.4) is 0 Å². The van der Waals surface area contributed by atoms with E-state index in [1.807, 2.05) is 36.5 Å². The first kappa shape index (κ1) is 21.0. The van der Waals surface area contributed by atoms with Crippen molar-refractivity contribution in [3.8, 4) is 5.69 Å². The molecule has 3 aromatic rings. The van der Waals surface area contributed by atoms with E-state index in [0.29, 0.717) is 6.54 Å². The lowest BCUT2D eigenvalue weighted by molar-refractivity contribution is 0.240. The van der Waals surface area contributed by atoms with Gasteiger partial charge < -0.3 is 0 Å². The standard InChI is InChI=1S/C21H24N6O3/c1-4-11-24-19(28)25(12-5-2)21(30)26(20(24)29)16-23(3)14-17-13-22-27(15-17)18-9-7-6-8-10-18/h4-10,13,15H,1-2,11-12,14,16H2,3H3. The molecule has 0 aliphatic heterocycles. The van der Waals surface area contributed by atoms with E-state index < -0.39 is 17.1 Å². The van der Waals surface area contributed by atoms with Crippen molar-refractivity contribution in [2.45, 2.75) is 26.3 Å². The van der Waals surface area contributed by atoms with Crippen LogP contribution in [0.5, 0.6) is 0 Å². The molecule has 0 aliphatic carbocycles. The third kappa shape index (κ3) is 4.31. The number of rotatable bonds is 9. The fourth-order valence-electron chi connectivity index (χ4n) is 3.14. The molecule has 30 heavy (non-hydrogen) atoms. The zero-order chi connectivity index (χ0) is 21.7. The second-order valence-corrected chi connectivity index (χ2v) is 6.86. The Morgan fingerprint density at radius 2 is 1.50 bits per heavy atom. The molecular formula is C21H24N6O3. The summed E-state index contributed by atoms with van der Waals surface area (Å²) in [4.78, 5) is 39.7. The molecular weight excluding hydrogens is 384 g/mol. The summed E-state index contributed by atoms with van der Waals surface area (Å²) in [6, 6.07) is 9.70. The zero-order valence-corrected chi connectivity index (χ0v) is 16.8. The molecule has 1 aromatic carbocycles. The van der Waals surface area contributed by atoms with Gasteiger partial charge in [0, 0.05) is 18.3 Å². The highest BCUT2D eigenvalue weighted by molar-refractivity contribution is 5.30. The highest BCUT2D eigenvalue weighted by Gasteiger charge is 2.15. The quantitative estimate of drug-likeness (QED) is 0.489. The lowest BCUT2D eigenvalue weighted by Gasteiger charge is -2.18. The van der Waals surface area contributed by atoms with E-state index in [9.17, 15) is 14.4 Å². The maximum atomic E-state index is 12.7. The second-order valence-electron chi connectivity index (χ2n) is 6.86. The molecule has 9 heteroatoms. The fourth-order valence-corrected chi connectivity index (χ4v) is 3.14. The van der Waals surface area contributed by atoms with Gasteiger partial charge in [-0.1, -0.05) is 30.4 Å². The van der Waals surface area contributed by atoms with Gasteiger partial charge in [-0.15, -0.1) is 13.2 Å². The predicted octanol–water partition coefficient (Wildman–Crippen LogP) is 0.819. The first-order valence-electron chi connectivity index (χ1n) is 9.40. The molecule has 0 atom stereocenters. The first-order valence-corrected chi connectivity index (χ1v) is 9.40. The Kier molecular flexibility index (Phi) is 6.43. The van der Waals surface area contributed by atoms with Gasteiger partial charge in [0.15, 0.2) is 0 Å².